The van der Waals surface area contributed by atoms with Crippen molar-refractivity contribution in [1.82, 2.24) is 9.78 Å². The third kappa shape index (κ3) is 2.27. The molecule has 0 spiro atoms. The normalized spacial score (nSPS) is 10.6. The molecule has 1 heterocycles. The molecule has 4 nitrogen and oxygen atoms in total. The maximum atomic E-state index is 11.3. The standard InChI is InChI=1S/C14H16N2O2/c1-3-8-16-13(6-7-15-16)12-9-10(2)4-5-11(12)14(17)18/h4-7,9H,3,8H2,1-2H3,(H,17,18). The van der Waals surface area contributed by atoms with Gasteiger partial charge in [-0.1, -0.05) is 18.6 Å². The lowest BCUT2D eigenvalue weighted by atomic mass is 10.0. The first kappa shape index (κ1) is 12.4. The first-order chi connectivity index (χ1) is 8.63. The molecule has 0 aliphatic heterocycles. The number of nitrogens with zero attached hydrogens (tertiary/aromatic N) is 2. The molecule has 2 aromatic rings. The highest BCUT2D eigenvalue weighted by molar-refractivity contribution is 5.95. The van der Waals surface area contributed by atoms with Gasteiger partial charge in [-0.05, 0) is 31.5 Å². The molecule has 0 fully saturated rings. The van der Waals surface area contributed by atoms with Gasteiger partial charge in [-0.2, -0.15) is 5.10 Å². The average molecular weight is 244 g/mol. The highest BCUT2D eigenvalue weighted by Crippen LogP contribution is 2.25. The molecule has 1 aromatic heterocycles. The summed E-state index contributed by atoms with van der Waals surface area (Å²) < 4.78 is 1.85. The summed E-state index contributed by atoms with van der Waals surface area (Å²) in [6.07, 6.45) is 2.67. The smallest absolute Gasteiger partial charge is 0.336 e. The quantitative estimate of drug-likeness (QED) is 0.899. The van der Waals surface area contributed by atoms with Crippen LogP contribution in [0.2, 0.25) is 0 Å². The zero-order valence-electron chi connectivity index (χ0n) is 10.6. The number of aromatic carboxylic acids is 1. The van der Waals surface area contributed by atoms with Crippen LogP contribution in [0.15, 0.2) is 30.5 Å². The highest BCUT2D eigenvalue weighted by Gasteiger charge is 2.14. The molecule has 18 heavy (non-hydrogen) atoms. The molecular formula is C14H16N2O2. The van der Waals surface area contributed by atoms with Crippen LogP contribution in [0.25, 0.3) is 11.3 Å². The lowest BCUT2D eigenvalue weighted by Crippen LogP contribution is -2.05. The van der Waals surface area contributed by atoms with Crippen LogP contribution in [0, 0.1) is 6.92 Å². The Hall–Kier alpha value is -2.10. The van der Waals surface area contributed by atoms with E-state index in [1.165, 1.54) is 0 Å². The Morgan fingerprint density at radius 3 is 2.83 bits per heavy atom. The third-order valence-corrected chi connectivity index (χ3v) is 2.83. The van der Waals surface area contributed by atoms with Crippen molar-refractivity contribution in [1.29, 1.82) is 0 Å². The molecule has 0 unspecified atom stereocenters. The van der Waals surface area contributed by atoms with Crippen LogP contribution in [0.4, 0.5) is 0 Å². The highest BCUT2D eigenvalue weighted by atomic mass is 16.4. The number of carboxylic acids is 1. The number of carbonyl (C=O) groups is 1. The Kier molecular flexibility index (Phi) is 3.46. The van der Waals surface area contributed by atoms with E-state index >= 15 is 0 Å². The van der Waals surface area contributed by atoms with Gasteiger partial charge in [-0.3, -0.25) is 4.68 Å². The first-order valence-electron chi connectivity index (χ1n) is 5.99. The monoisotopic (exact) mass is 244 g/mol. The number of carboxylic acid groups (broad SMARTS) is 1. The Balaban J connectivity index is 2.58. The van der Waals surface area contributed by atoms with E-state index < -0.39 is 5.97 Å². The third-order valence-electron chi connectivity index (χ3n) is 2.83. The summed E-state index contributed by atoms with van der Waals surface area (Å²) >= 11 is 0. The number of aromatic nitrogens is 2. The summed E-state index contributed by atoms with van der Waals surface area (Å²) in [7, 11) is 0. The predicted molar refractivity (Wildman–Crippen MR) is 69.7 cm³/mol. The van der Waals surface area contributed by atoms with Crippen LogP contribution in [-0.4, -0.2) is 20.9 Å². The number of benzene rings is 1. The van der Waals surface area contributed by atoms with Crippen molar-refractivity contribution in [2.75, 3.05) is 0 Å². The summed E-state index contributed by atoms with van der Waals surface area (Å²) in [5.74, 6) is -0.908. The fraction of sp³-hybridized carbons (Fsp3) is 0.286. The Labute approximate surface area is 106 Å². The van der Waals surface area contributed by atoms with Crippen molar-refractivity contribution in [3.8, 4) is 11.3 Å². The molecule has 0 aliphatic carbocycles. The van der Waals surface area contributed by atoms with Gasteiger partial charge in [0.05, 0.1) is 11.3 Å². The molecule has 0 atom stereocenters. The molecule has 94 valence electrons. The van der Waals surface area contributed by atoms with E-state index in [9.17, 15) is 9.90 Å². The van der Waals surface area contributed by atoms with E-state index in [1.807, 2.05) is 29.8 Å². The van der Waals surface area contributed by atoms with Crippen molar-refractivity contribution in [2.24, 2.45) is 0 Å². The van der Waals surface area contributed by atoms with E-state index in [2.05, 4.69) is 12.0 Å². The summed E-state index contributed by atoms with van der Waals surface area (Å²) in [6, 6.07) is 7.22. The molecule has 0 aliphatic rings. The summed E-state index contributed by atoms with van der Waals surface area (Å²) in [5.41, 5.74) is 2.95. The summed E-state index contributed by atoms with van der Waals surface area (Å²) in [4.78, 5) is 11.3. The second kappa shape index (κ2) is 5.04. The van der Waals surface area contributed by atoms with E-state index in [4.69, 9.17) is 0 Å². The van der Waals surface area contributed by atoms with Gasteiger partial charge < -0.3 is 5.11 Å². The van der Waals surface area contributed by atoms with Crippen LogP contribution in [0.1, 0.15) is 29.3 Å². The predicted octanol–water partition coefficient (Wildman–Crippen LogP) is 2.97. The molecule has 0 amide bonds. The largest absolute Gasteiger partial charge is 0.478 e. The van der Waals surface area contributed by atoms with E-state index in [1.54, 1.807) is 12.3 Å². The van der Waals surface area contributed by atoms with Crippen LogP contribution in [0.3, 0.4) is 0 Å². The zero-order valence-corrected chi connectivity index (χ0v) is 10.6. The van der Waals surface area contributed by atoms with Gasteiger partial charge in [-0.15, -0.1) is 0 Å². The lowest BCUT2D eigenvalue weighted by molar-refractivity contribution is 0.0697. The van der Waals surface area contributed by atoms with Gasteiger partial charge in [0.2, 0.25) is 0 Å². The molecular weight excluding hydrogens is 228 g/mol. The second-order valence-corrected chi connectivity index (χ2v) is 4.29. The molecule has 4 heteroatoms. The fourth-order valence-electron chi connectivity index (χ4n) is 2.01. The number of aryl methyl sites for hydroxylation is 2. The van der Waals surface area contributed by atoms with Crippen LogP contribution in [-0.2, 0) is 6.54 Å². The minimum absolute atomic E-state index is 0.318. The van der Waals surface area contributed by atoms with Crippen LogP contribution >= 0.6 is 0 Å². The Bertz CT molecular complexity index is 573. The topological polar surface area (TPSA) is 55.1 Å². The van der Waals surface area contributed by atoms with Gasteiger partial charge in [0.15, 0.2) is 0 Å². The van der Waals surface area contributed by atoms with Gasteiger partial charge in [0.1, 0.15) is 0 Å². The van der Waals surface area contributed by atoms with Gasteiger partial charge in [0.25, 0.3) is 0 Å². The van der Waals surface area contributed by atoms with Crippen molar-refractivity contribution < 1.29 is 9.90 Å². The molecule has 0 radical (unpaired) electrons. The van der Waals surface area contributed by atoms with Crippen molar-refractivity contribution >= 4 is 5.97 Å². The van der Waals surface area contributed by atoms with E-state index in [0.29, 0.717) is 5.56 Å². The number of hydrogen-bond donors (Lipinski definition) is 1. The van der Waals surface area contributed by atoms with Gasteiger partial charge >= 0.3 is 5.97 Å². The minimum atomic E-state index is -0.908. The maximum absolute atomic E-state index is 11.3. The van der Waals surface area contributed by atoms with Crippen LogP contribution < -0.4 is 0 Å². The molecule has 1 aromatic carbocycles. The summed E-state index contributed by atoms with van der Waals surface area (Å²) in [5, 5.41) is 13.5. The first-order valence-corrected chi connectivity index (χ1v) is 5.99. The average Bonchev–Trinajstić information content (AvgIpc) is 2.77. The molecule has 2 rings (SSSR count). The lowest BCUT2D eigenvalue weighted by Gasteiger charge is -2.10. The molecule has 0 saturated heterocycles. The minimum Gasteiger partial charge on any atom is -0.478 e. The second-order valence-electron chi connectivity index (χ2n) is 4.29. The SMILES string of the molecule is CCCn1nccc1-c1cc(C)ccc1C(=O)O. The zero-order chi connectivity index (χ0) is 13.1. The molecule has 0 saturated carbocycles. The van der Waals surface area contributed by atoms with E-state index in [-0.39, 0.29) is 0 Å². The number of rotatable bonds is 4. The van der Waals surface area contributed by atoms with E-state index in [0.717, 1.165) is 29.8 Å². The van der Waals surface area contributed by atoms with Gasteiger partial charge in [0, 0.05) is 18.3 Å². The van der Waals surface area contributed by atoms with Crippen molar-refractivity contribution in [3.05, 3.63) is 41.6 Å². The summed E-state index contributed by atoms with van der Waals surface area (Å²) in [6.45, 7) is 4.81. The maximum Gasteiger partial charge on any atom is 0.336 e. The molecule has 0 bridgehead atoms. The number of hydrogen-bond acceptors (Lipinski definition) is 2. The van der Waals surface area contributed by atoms with Crippen LogP contribution in [0.5, 0.6) is 0 Å². The molecule has 1 N–H and O–H groups in total. The van der Waals surface area contributed by atoms with Crippen molar-refractivity contribution in [3.63, 3.8) is 0 Å². The van der Waals surface area contributed by atoms with Crippen molar-refractivity contribution in [2.45, 2.75) is 26.8 Å². The Morgan fingerprint density at radius 1 is 1.39 bits per heavy atom. The van der Waals surface area contributed by atoms with Gasteiger partial charge in [-0.25, -0.2) is 4.79 Å². The Morgan fingerprint density at radius 2 is 2.17 bits per heavy atom. The fourth-order valence-corrected chi connectivity index (χ4v) is 2.01.